The Hall–Kier alpha value is -2.23. The van der Waals surface area contributed by atoms with Gasteiger partial charge in [-0.1, -0.05) is 25.5 Å². The average molecular weight is 317 g/mol. The molecule has 1 aliphatic rings. The van der Waals surface area contributed by atoms with Crippen molar-refractivity contribution in [1.82, 2.24) is 4.98 Å². The summed E-state index contributed by atoms with van der Waals surface area (Å²) in [4.78, 5) is 26.4. The molecule has 126 valence electrons. The molecular weight excluding hydrogens is 290 g/mol. The van der Waals surface area contributed by atoms with Crippen LogP contribution in [0.25, 0.3) is 0 Å². The summed E-state index contributed by atoms with van der Waals surface area (Å²) >= 11 is 0. The van der Waals surface area contributed by atoms with Crippen LogP contribution in [0.3, 0.4) is 0 Å². The van der Waals surface area contributed by atoms with E-state index in [1.54, 1.807) is 12.4 Å². The van der Waals surface area contributed by atoms with Crippen molar-refractivity contribution in [3.8, 4) is 0 Å². The highest BCUT2D eigenvalue weighted by Crippen LogP contribution is 2.36. The minimum Gasteiger partial charge on any atom is -0.426 e. The number of rotatable bonds is 1. The normalized spacial score (nSPS) is 15.4. The maximum absolute atomic E-state index is 11.8. The van der Waals surface area contributed by atoms with Gasteiger partial charge in [-0.2, -0.15) is 0 Å². The Labute approximate surface area is 139 Å². The zero-order valence-corrected chi connectivity index (χ0v) is 15.1. The fourth-order valence-corrected chi connectivity index (χ4v) is 1.82. The predicted octanol–water partition coefficient (Wildman–Crippen LogP) is 4.49. The maximum atomic E-state index is 11.8. The number of allylic oxidation sites excluding steroid dienone is 3. The molecule has 0 aliphatic heterocycles. The fraction of sp³-hybridized carbons (Fsp3) is 0.421. The van der Waals surface area contributed by atoms with Crippen molar-refractivity contribution in [2.45, 2.75) is 48.5 Å². The second-order valence-corrected chi connectivity index (χ2v) is 5.37. The van der Waals surface area contributed by atoms with Crippen LogP contribution in [0.5, 0.6) is 0 Å². The van der Waals surface area contributed by atoms with Gasteiger partial charge in [-0.3, -0.25) is 14.6 Å². The molecule has 1 aromatic rings. The van der Waals surface area contributed by atoms with Crippen molar-refractivity contribution in [3.63, 3.8) is 0 Å². The lowest BCUT2D eigenvalue weighted by Gasteiger charge is -2.29. The van der Waals surface area contributed by atoms with Crippen LogP contribution in [-0.2, 0) is 14.3 Å². The van der Waals surface area contributed by atoms with Crippen molar-refractivity contribution in [1.29, 1.82) is 0 Å². The summed E-state index contributed by atoms with van der Waals surface area (Å²) in [6.07, 6.45) is 4.91. The molecule has 0 N–H and O–H groups in total. The van der Waals surface area contributed by atoms with E-state index in [1.807, 2.05) is 59.7 Å². The zero-order chi connectivity index (χ0) is 18.0. The van der Waals surface area contributed by atoms with Crippen LogP contribution in [0.15, 0.2) is 53.6 Å². The van der Waals surface area contributed by atoms with Crippen molar-refractivity contribution in [2.24, 2.45) is 5.41 Å². The Kier molecular flexibility index (Phi) is 8.78. The molecule has 0 bridgehead atoms. The highest BCUT2D eigenvalue weighted by atomic mass is 16.5. The van der Waals surface area contributed by atoms with Gasteiger partial charge >= 0.3 is 5.97 Å². The van der Waals surface area contributed by atoms with E-state index >= 15 is 0 Å². The van der Waals surface area contributed by atoms with Gasteiger partial charge in [0.25, 0.3) is 0 Å². The van der Waals surface area contributed by atoms with E-state index in [9.17, 15) is 9.59 Å². The summed E-state index contributed by atoms with van der Waals surface area (Å²) in [5.74, 6) is -0.0490. The summed E-state index contributed by atoms with van der Waals surface area (Å²) in [7, 11) is 0. The molecule has 4 heteroatoms. The summed E-state index contributed by atoms with van der Waals surface area (Å²) in [5, 5.41) is 0. The molecule has 1 aromatic heterocycles. The SMILES string of the molecule is CC.CC(=O)OC1=CC(=O)C(C)(C)C(C)=C1C.c1ccncc1. The Morgan fingerprint density at radius 2 is 1.61 bits per heavy atom. The summed E-state index contributed by atoms with van der Waals surface area (Å²) in [5.41, 5.74) is 1.33. The lowest BCUT2D eigenvalue weighted by atomic mass is 9.75. The Morgan fingerprint density at radius 3 is 1.96 bits per heavy atom. The maximum Gasteiger partial charge on any atom is 0.308 e. The smallest absolute Gasteiger partial charge is 0.308 e. The number of hydrogen-bond donors (Lipinski definition) is 0. The molecule has 0 fully saturated rings. The molecule has 0 unspecified atom stereocenters. The third-order valence-corrected chi connectivity index (χ3v) is 3.57. The lowest BCUT2D eigenvalue weighted by Crippen LogP contribution is -2.29. The number of carbonyl (C=O) groups excluding carboxylic acids is 2. The van der Waals surface area contributed by atoms with Crippen LogP contribution in [-0.4, -0.2) is 16.7 Å². The van der Waals surface area contributed by atoms with Crippen LogP contribution < -0.4 is 0 Å². The van der Waals surface area contributed by atoms with Gasteiger partial charge in [0.15, 0.2) is 5.78 Å². The van der Waals surface area contributed by atoms with E-state index < -0.39 is 11.4 Å². The van der Waals surface area contributed by atoms with E-state index in [0.717, 1.165) is 11.1 Å². The first kappa shape index (κ1) is 20.8. The van der Waals surface area contributed by atoms with Crippen LogP contribution >= 0.6 is 0 Å². The number of ketones is 1. The van der Waals surface area contributed by atoms with Crippen molar-refractivity contribution >= 4 is 11.8 Å². The first-order valence-corrected chi connectivity index (χ1v) is 7.74. The van der Waals surface area contributed by atoms with Gasteiger partial charge in [-0.15, -0.1) is 0 Å². The van der Waals surface area contributed by atoms with Gasteiger partial charge in [-0.25, -0.2) is 0 Å². The minimum atomic E-state index is -0.492. The minimum absolute atomic E-state index is 0.0261. The van der Waals surface area contributed by atoms with Crippen LogP contribution in [0.1, 0.15) is 48.5 Å². The van der Waals surface area contributed by atoms with Crippen LogP contribution in [0.4, 0.5) is 0 Å². The summed E-state index contributed by atoms with van der Waals surface area (Å²) in [6, 6.07) is 5.72. The Bertz CT molecular complexity index is 557. The third-order valence-electron chi connectivity index (χ3n) is 3.57. The number of pyridine rings is 1. The van der Waals surface area contributed by atoms with Gasteiger partial charge in [-0.05, 0) is 45.4 Å². The molecule has 0 saturated carbocycles. The number of carbonyl (C=O) groups is 2. The standard InChI is InChI=1S/C12H16O3.C5H5N.C2H6/c1-7-8(2)12(4,5)11(14)6-10(7)15-9(3)13;1-2-4-6-5-3-1;1-2/h6H,1-5H3;1-5H;1-2H3. The molecule has 0 radical (unpaired) electrons. The summed E-state index contributed by atoms with van der Waals surface area (Å²) in [6.45, 7) is 12.8. The van der Waals surface area contributed by atoms with Crippen LogP contribution in [0, 0.1) is 5.41 Å². The molecule has 4 nitrogen and oxygen atoms in total. The molecule has 0 aromatic carbocycles. The molecule has 0 atom stereocenters. The first-order valence-electron chi connectivity index (χ1n) is 7.74. The Morgan fingerprint density at radius 1 is 1.09 bits per heavy atom. The number of aromatic nitrogens is 1. The number of esters is 1. The molecule has 0 saturated heterocycles. The topological polar surface area (TPSA) is 56.3 Å². The largest absolute Gasteiger partial charge is 0.426 e. The first-order chi connectivity index (χ1) is 10.8. The average Bonchev–Trinajstić information content (AvgIpc) is 2.55. The monoisotopic (exact) mass is 317 g/mol. The molecule has 0 spiro atoms. The molecule has 2 rings (SSSR count). The Balaban J connectivity index is 0.000000501. The van der Waals surface area contributed by atoms with Crippen LogP contribution in [0.2, 0.25) is 0 Å². The van der Waals surface area contributed by atoms with Crippen molar-refractivity contribution < 1.29 is 14.3 Å². The van der Waals surface area contributed by atoms with Gasteiger partial charge < -0.3 is 4.74 Å². The highest BCUT2D eigenvalue weighted by molar-refractivity contribution is 5.99. The molecule has 1 aliphatic carbocycles. The van der Waals surface area contributed by atoms with Crippen molar-refractivity contribution in [2.75, 3.05) is 0 Å². The number of nitrogens with zero attached hydrogens (tertiary/aromatic N) is 1. The van der Waals surface area contributed by atoms with Gasteiger partial charge in [0, 0.05) is 30.8 Å². The quantitative estimate of drug-likeness (QED) is 0.716. The lowest BCUT2D eigenvalue weighted by molar-refractivity contribution is -0.136. The van der Waals surface area contributed by atoms with E-state index in [4.69, 9.17) is 4.74 Å². The highest BCUT2D eigenvalue weighted by Gasteiger charge is 2.34. The van der Waals surface area contributed by atoms with Gasteiger partial charge in [0.2, 0.25) is 0 Å². The number of hydrogen-bond acceptors (Lipinski definition) is 4. The fourth-order valence-electron chi connectivity index (χ4n) is 1.82. The molecule has 23 heavy (non-hydrogen) atoms. The summed E-state index contributed by atoms with van der Waals surface area (Å²) < 4.78 is 4.98. The van der Waals surface area contributed by atoms with Crippen molar-refractivity contribution in [3.05, 3.63) is 53.6 Å². The van der Waals surface area contributed by atoms with E-state index in [1.165, 1.54) is 13.0 Å². The molecule has 0 amide bonds. The van der Waals surface area contributed by atoms with E-state index in [2.05, 4.69) is 4.98 Å². The van der Waals surface area contributed by atoms with Gasteiger partial charge in [0.05, 0.1) is 0 Å². The van der Waals surface area contributed by atoms with E-state index in [0.29, 0.717) is 5.76 Å². The van der Waals surface area contributed by atoms with E-state index in [-0.39, 0.29) is 5.78 Å². The number of ether oxygens (including phenoxy) is 1. The second-order valence-electron chi connectivity index (χ2n) is 5.37. The van der Waals surface area contributed by atoms with Gasteiger partial charge in [0.1, 0.15) is 5.76 Å². The second kappa shape index (κ2) is 9.72. The molecule has 1 heterocycles. The third kappa shape index (κ3) is 6.19. The predicted molar refractivity (Wildman–Crippen MR) is 92.6 cm³/mol. The zero-order valence-electron chi connectivity index (χ0n) is 15.1. The molecular formula is C19H27NO3.